The summed E-state index contributed by atoms with van der Waals surface area (Å²) >= 11 is 1.71. The van der Waals surface area contributed by atoms with Crippen LogP contribution in [0.5, 0.6) is 0 Å². The molecular formula is C15H17NOS. The first-order chi connectivity index (χ1) is 8.88. The number of benzene rings is 1. The van der Waals surface area contributed by atoms with Crippen LogP contribution in [0.25, 0.3) is 6.08 Å². The monoisotopic (exact) mass is 259 g/mol. The van der Waals surface area contributed by atoms with Crippen molar-refractivity contribution in [2.45, 2.75) is 13.2 Å². The normalized spacial score (nSPS) is 11.2. The second kappa shape index (κ2) is 7.11. The molecule has 2 N–H and O–H groups in total. The molecule has 1 heterocycles. The minimum atomic E-state index is 0.610. The summed E-state index contributed by atoms with van der Waals surface area (Å²) in [7, 11) is 0. The Hall–Kier alpha value is -1.42. The lowest BCUT2D eigenvalue weighted by Crippen LogP contribution is -1.91. The van der Waals surface area contributed by atoms with Gasteiger partial charge in [0.25, 0.3) is 0 Å². The first kappa shape index (κ1) is 13.0. The third kappa shape index (κ3) is 4.11. The summed E-state index contributed by atoms with van der Waals surface area (Å²) in [5.74, 6) is 0. The fraction of sp³-hybridized carbons (Fsp3) is 0.200. The minimum Gasteiger partial charge on any atom is -0.372 e. The highest BCUT2D eigenvalue weighted by Gasteiger charge is 1.97. The molecule has 2 aromatic rings. The largest absolute Gasteiger partial charge is 0.372 e. The van der Waals surface area contributed by atoms with Gasteiger partial charge in [-0.25, -0.2) is 0 Å². The van der Waals surface area contributed by atoms with Crippen LogP contribution in [-0.2, 0) is 17.9 Å². The second-order valence-electron chi connectivity index (χ2n) is 3.90. The molecule has 0 aliphatic heterocycles. The van der Waals surface area contributed by atoms with E-state index in [1.807, 2.05) is 24.3 Å². The molecule has 2 nitrogen and oxygen atoms in total. The molecule has 0 aliphatic carbocycles. The molecular weight excluding hydrogens is 242 g/mol. The molecule has 1 aromatic carbocycles. The van der Waals surface area contributed by atoms with Gasteiger partial charge in [0.1, 0.15) is 0 Å². The summed E-state index contributed by atoms with van der Waals surface area (Å²) in [6.45, 7) is 1.90. The number of thiophene rings is 1. The zero-order valence-corrected chi connectivity index (χ0v) is 11.0. The quantitative estimate of drug-likeness (QED) is 0.807. The van der Waals surface area contributed by atoms with Crippen molar-refractivity contribution in [3.63, 3.8) is 0 Å². The lowest BCUT2D eigenvalue weighted by atomic mass is 10.2. The maximum absolute atomic E-state index is 5.58. The molecule has 0 fully saturated rings. The Bertz CT molecular complexity index is 490. The SMILES string of the molecule is NCc1ccc(COC/C=C/c2ccccc2)s1. The highest BCUT2D eigenvalue weighted by atomic mass is 32.1. The molecule has 94 valence electrons. The van der Waals surface area contributed by atoms with E-state index in [9.17, 15) is 0 Å². The van der Waals surface area contributed by atoms with E-state index in [2.05, 4.69) is 30.3 Å². The summed E-state index contributed by atoms with van der Waals surface area (Å²) in [6.07, 6.45) is 4.10. The average molecular weight is 259 g/mol. The minimum absolute atomic E-state index is 0.610. The zero-order valence-electron chi connectivity index (χ0n) is 10.2. The fourth-order valence-corrected chi connectivity index (χ4v) is 2.42. The first-order valence-electron chi connectivity index (χ1n) is 5.95. The first-order valence-corrected chi connectivity index (χ1v) is 6.77. The van der Waals surface area contributed by atoms with Crippen LogP contribution in [0.2, 0.25) is 0 Å². The van der Waals surface area contributed by atoms with Crippen LogP contribution in [-0.4, -0.2) is 6.61 Å². The van der Waals surface area contributed by atoms with Gasteiger partial charge in [0, 0.05) is 16.3 Å². The van der Waals surface area contributed by atoms with Gasteiger partial charge < -0.3 is 10.5 Å². The zero-order chi connectivity index (χ0) is 12.6. The van der Waals surface area contributed by atoms with E-state index in [0.29, 0.717) is 19.8 Å². The molecule has 3 heteroatoms. The molecule has 0 radical (unpaired) electrons. The van der Waals surface area contributed by atoms with Gasteiger partial charge in [0.15, 0.2) is 0 Å². The Morgan fingerprint density at radius 3 is 2.56 bits per heavy atom. The van der Waals surface area contributed by atoms with Crippen molar-refractivity contribution < 1.29 is 4.74 Å². The van der Waals surface area contributed by atoms with Crippen molar-refractivity contribution in [3.8, 4) is 0 Å². The predicted molar refractivity (Wildman–Crippen MR) is 77.3 cm³/mol. The number of hydrogen-bond acceptors (Lipinski definition) is 3. The highest BCUT2D eigenvalue weighted by molar-refractivity contribution is 7.11. The van der Waals surface area contributed by atoms with Crippen LogP contribution in [0, 0.1) is 0 Å². The number of nitrogens with two attached hydrogens (primary N) is 1. The number of ether oxygens (including phenoxy) is 1. The lowest BCUT2D eigenvalue weighted by Gasteiger charge is -1.98. The van der Waals surface area contributed by atoms with Gasteiger partial charge in [-0.15, -0.1) is 11.3 Å². The number of rotatable bonds is 6. The summed E-state index contributed by atoms with van der Waals surface area (Å²) in [5, 5.41) is 0. The average Bonchev–Trinajstić information content (AvgIpc) is 2.87. The summed E-state index contributed by atoms with van der Waals surface area (Å²) in [6, 6.07) is 14.4. The molecule has 0 saturated carbocycles. The van der Waals surface area contributed by atoms with Crippen LogP contribution in [0.4, 0.5) is 0 Å². The molecule has 0 aliphatic rings. The predicted octanol–water partition coefficient (Wildman–Crippen LogP) is 3.44. The third-order valence-corrected chi connectivity index (χ3v) is 3.57. The Labute approximate surface area is 112 Å². The van der Waals surface area contributed by atoms with Crippen molar-refractivity contribution in [1.82, 2.24) is 0 Å². The van der Waals surface area contributed by atoms with Crippen molar-refractivity contribution in [3.05, 3.63) is 63.9 Å². The Balaban J connectivity index is 1.71. The van der Waals surface area contributed by atoms with Gasteiger partial charge in [-0.2, -0.15) is 0 Å². The van der Waals surface area contributed by atoms with Gasteiger partial charge in [-0.1, -0.05) is 42.5 Å². The molecule has 18 heavy (non-hydrogen) atoms. The van der Waals surface area contributed by atoms with Crippen molar-refractivity contribution in [2.24, 2.45) is 5.73 Å². The molecule has 0 spiro atoms. The lowest BCUT2D eigenvalue weighted by molar-refractivity contribution is 0.151. The maximum Gasteiger partial charge on any atom is 0.0813 e. The van der Waals surface area contributed by atoms with Crippen LogP contribution >= 0.6 is 11.3 Å². The van der Waals surface area contributed by atoms with Gasteiger partial charge in [-0.3, -0.25) is 0 Å². The maximum atomic E-state index is 5.58. The van der Waals surface area contributed by atoms with E-state index >= 15 is 0 Å². The highest BCUT2D eigenvalue weighted by Crippen LogP contribution is 2.16. The molecule has 1 aromatic heterocycles. The summed E-state index contributed by atoms with van der Waals surface area (Å²) in [5.41, 5.74) is 6.76. The topological polar surface area (TPSA) is 35.2 Å². The van der Waals surface area contributed by atoms with E-state index in [4.69, 9.17) is 10.5 Å². The van der Waals surface area contributed by atoms with E-state index in [0.717, 1.165) is 0 Å². The standard InChI is InChI=1S/C15H17NOS/c16-11-14-8-9-15(18-14)12-17-10-4-7-13-5-2-1-3-6-13/h1-9H,10-12,16H2/b7-4+. The molecule has 0 amide bonds. The van der Waals surface area contributed by atoms with Crippen molar-refractivity contribution in [2.75, 3.05) is 6.61 Å². The molecule has 0 bridgehead atoms. The van der Waals surface area contributed by atoms with Crippen LogP contribution in [0.3, 0.4) is 0 Å². The summed E-state index contributed by atoms with van der Waals surface area (Å²) < 4.78 is 5.58. The second-order valence-corrected chi connectivity index (χ2v) is 5.15. The van der Waals surface area contributed by atoms with E-state index in [1.54, 1.807) is 11.3 Å². The van der Waals surface area contributed by atoms with Gasteiger partial charge in [0.2, 0.25) is 0 Å². The molecule has 0 atom stereocenters. The molecule has 2 rings (SSSR count). The van der Waals surface area contributed by atoms with Gasteiger partial charge in [0.05, 0.1) is 13.2 Å². The molecule has 0 saturated heterocycles. The van der Waals surface area contributed by atoms with Crippen LogP contribution in [0.1, 0.15) is 15.3 Å². The van der Waals surface area contributed by atoms with Crippen LogP contribution < -0.4 is 5.73 Å². The Kier molecular flexibility index (Phi) is 5.15. The van der Waals surface area contributed by atoms with Gasteiger partial charge >= 0.3 is 0 Å². The number of hydrogen-bond donors (Lipinski definition) is 1. The summed E-state index contributed by atoms with van der Waals surface area (Å²) in [4.78, 5) is 2.43. The van der Waals surface area contributed by atoms with Crippen LogP contribution in [0.15, 0.2) is 48.5 Å². The van der Waals surface area contributed by atoms with E-state index in [-0.39, 0.29) is 0 Å². The third-order valence-electron chi connectivity index (χ3n) is 2.49. The Morgan fingerprint density at radius 2 is 1.83 bits per heavy atom. The van der Waals surface area contributed by atoms with E-state index < -0.39 is 0 Å². The fourth-order valence-electron chi connectivity index (χ4n) is 1.59. The smallest absolute Gasteiger partial charge is 0.0813 e. The van der Waals surface area contributed by atoms with Gasteiger partial charge in [-0.05, 0) is 17.7 Å². The molecule has 0 unspecified atom stereocenters. The Morgan fingerprint density at radius 1 is 1.06 bits per heavy atom. The van der Waals surface area contributed by atoms with E-state index in [1.165, 1.54) is 15.3 Å². The van der Waals surface area contributed by atoms with Crippen molar-refractivity contribution in [1.29, 1.82) is 0 Å². The van der Waals surface area contributed by atoms with Crippen molar-refractivity contribution >= 4 is 17.4 Å².